The molecule has 29 heavy (non-hydrogen) atoms. The second kappa shape index (κ2) is 10.4. The minimum Gasteiger partial charge on any atom is -0.356 e. The van der Waals surface area contributed by atoms with E-state index < -0.39 is 22.7 Å². The van der Waals surface area contributed by atoms with E-state index in [2.05, 4.69) is 5.32 Å². The smallest absolute Gasteiger partial charge is 0.356 e. The van der Waals surface area contributed by atoms with Crippen molar-refractivity contribution in [3.63, 3.8) is 0 Å². The number of halogens is 3. The van der Waals surface area contributed by atoms with Gasteiger partial charge in [0, 0.05) is 26.1 Å². The number of carbonyl (C=O) groups excluding carboxylic acids is 1. The first-order chi connectivity index (χ1) is 13.6. The largest absolute Gasteiger partial charge is 0.401 e. The van der Waals surface area contributed by atoms with Gasteiger partial charge in [-0.05, 0) is 57.0 Å². The molecule has 0 bridgehead atoms. The summed E-state index contributed by atoms with van der Waals surface area (Å²) >= 11 is 0. The van der Waals surface area contributed by atoms with E-state index in [1.807, 2.05) is 0 Å². The van der Waals surface area contributed by atoms with Gasteiger partial charge in [-0.3, -0.25) is 9.69 Å². The molecule has 1 fully saturated rings. The highest BCUT2D eigenvalue weighted by molar-refractivity contribution is 7.89. The summed E-state index contributed by atoms with van der Waals surface area (Å²) in [5.41, 5.74) is 0.852. The van der Waals surface area contributed by atoms with Crippen molar-refractivity contribution in [2.24, 2.45) is 0 Å². The molecule has 1 aromatic rings. The lowest BCUT2D eigenvalue weighted by Gasteiger charge is -2.18. The summed E-state index contributed by atoms with van der Waals surface area (Å²) in [4.78, 5) is 13.3. The predicted molar refractivity (Wildman–Crippen MR) is 104 cm³/mol. The molecule has 1 amide bonds. The number of hydrogen-bond donors (Lipinski definition) is 1. The van der Waals surface area contributed by atoms with Crippen molar-refractivity contribution < 1.29 is 26.4 Å². The highest BCUT2D eigenvalue weighted by Gasteiger charge is 2.29. The lowest BCUT2D eigenvalue weighted by atomic mass is 10.1. The maximum absolute atomic E-state index is 12.5. The van der Waals surface area contributed by atoms with Gasteiger partial charge < -0.3 is 5.32 Å². The Morgan fingerprint density at radius 1 is 1.17 bits per heavy atom. The van der Waals surface area contributed by atoms with Crippen LogP contribution in [0.15, 0.2) is 29.2 Å². The fourth-order valence-corrected chi connectivity index (χ4v) is 4.73. The zero-order chi connectivity index (χ0) is 21.5. The second-order valence-electron chi connectivity index (χ2n) is 7.31. The second-order valence-corrected chi connectivity index (χ2v) is 9.25. The van der Waals surface area contributed by atoms with Crippen molar-refractivity contribution in [3.05, 3.63) is 29.8 Å². The van der Waals surface area contributed by atoms with Crippen LogP contribution in [0, 0.1) is 0 Å². The Balaban J connectivity index is 1.69. The van der Waals surface area contributed by atoms with E-state index in [9.17, 15) is 26.4 Å². The Kier molecular flexibility index (Phi) is 8.47. The van der Waals surface area contributed by atoms with Gasteiger partial charge in [-0.15, -0.1) is 0 Å². The van der Waals surface area contributed by atoms with Crippen LogP contribution in [0.4, 0.5) is 13.2 Å². The van der Waals surface area contributed by atoms with Gasteiger partial charge in [-0.1, -0.05) is 12.1 Å². The van der Waals surface area contributed by atoms with Crippen LogP contribution in [0.25, 0.3) is 0 Å². The number of hydrogen-bond acceptors (Lipinski definition) is 4. The fraction of sp³-hybridized carbons (Fsp3) is 0.632. The maximum atomic E-state index is 12.5. The number of nitrogens with one attached hydrogen (secondary N) is 1. The number of carbonyl (C=O) groups is 1. The molecule has 1 N–H and O–H groups in total. The van der Waals surface area contributed by atoms with Crippen molar-refractivity contribution in [1.29, 1.82) is 0 Å². The number of rotatable bonds is 10. The van der Waals surface area contributed by atoms with Crippen molar-refractivity contribution >= 4 is 15.9 Å². The molecule has 1 aromatic carbocycles. The van der Waals surface area contributed by atoms with Crippen molar-refractivity contribution in [2.45, 2.75) is 43.2 Å². The van der Waals surface area contributed by atoms with Crippen molar-refractivity contribution in [2.75, 3.05) is 39.8 Å². The molecule has 0 atom stereocenters. The maximum Gasteiger partial charge on any atom is 0.401 e. The molecule has 164 valence electrons. The van der Waals surface area contributed by atoms with Gasteiger partial charge in [0.25, 0.3) is 0 Å². The van der Waals surface area contributed by atoms with Crippen LogP contribution in [0.3, 0.4) is 0 Å². The minimum atomic E-state index is -4.22. The zero-order valence-electron chi connectivity index (χ0n) is 16.5. The number of aryl methyl sites for hydroxylation is 1. The molecule has 10 heteroatoms. The van der Waals surface area contributed by atoms with Gasteiger partial charge in [0.05, 0.1) is 11.4 Å². The number of benzene rings is 1. The molecule has 0 radical (unpaired) electrons. The van der Waals surface area contributed by atoms with Crippen molar-refractivity contribution in [3.8, 4) is 0 Å². The summed E-state index contributed by atoms with van der Waals surface area (Å²) < 4.78 is 63.1. The molecular weight excluding hydrogens is 407 g/mol. The van der Waals surface area contributed by atoms with E-state index in [0.717, 1.165) is 18.4 Å². The summed E-state index contributed by atoms with van der Waals surface area (Å²) in [7, 11) is -2.05. The summed E-state index contributed by atoms with van der Waals surface area (Å²) in [6.07, 6.45) is -1.33. The van der Waals surface area contributed by atoms with Crippen molar-refractivity contribution in [1.82, 2.24) is 14.5 Å². The number of amides is 1. The first-order valence-electron chi connectivity index (χ1n) is 9.69. The van der Waals surface area contributed by atoms with Gasteiger partial charge in [0.15, 0.2) is 0 Å². The molecule has 1 heterocycles. The topological polar surface area (TPSA) is 69.7 Å². The van der Waals surface area contributed by atoms with E-state index >= 15 is 0 Å². The van der Waals surface area contributed by atoms with E-state index in [0.29, 0.717) is 32.5 Å². The van der Waals surface area contributed by atoms with E-state index in [1.165, 1.54) is 16.3 Å². The predicted octanol–water partition coefficient (Wildman–Crippen LogP) is 2.40. The molecule has 2 rings (SSSR count). The first-order valence-corrected chi connectivity index (χ1v) is 11.1. The lowest BCUT2D eigenvalue weighted by molar-refractivity contribution is -0.143. The molecule has 6 nitrogen and oxygen atoms in total. The highest BCUT2D eigenvalue weighted by Crippen LogP contribution is 2.21. The van der Waals surface area contributed by atoms with Crippen LogP contribution in [-0.4, -0.2) is 69.5 Å². The molecule has 0 aromatic heterocycles. The normalized spacial score (nSPS) is 15.8. The SMILES string of the molecule is CN(CCCNC(=O)CCc1ccc(S(=O)(=O)N2CCCC2)cc1)CC(F)(F)F. The van der Waals surface area contributed by atoms with E-state index in [1.54, 1.807) is 24.3 Å². The number of alkyl halides is 3. The highest BCUT2D eigenvalue weighted by atomic mass is 32.2. The third kappa shape index (κ3) is 7.94. The third-order valence-electron chi connectivity index (χ3n) is 4.75. The average Bonchev–Trinajstić information content (AvgIpc) is 3.18. The number of nitrogens with zero attached hydrogens (tertiary/aromatic N) is 2. The van der Waals surface area contributed by atoms with Crippen LogP contribution < -0.4 is 5.32 Å². The monoisotopic (exact) mass is 435 g/mol. The summed E-state index contributed by atoms with van der Waals surface area (Å²) in [5.74, 6) is -0.183. The van der Waals surface area contributed by atoms with Gasteiger partial charge in [0.2, 0.25) is 15.9 Å². The van der Waals surface area contributed by atoms with Crippen LogP contribution in [0.1, 0.15) is 31.2 Å². The first kappa shape index (κ1) is 23.6. The Hall–Kier alpha value is -1.65. The standard InChI is InChI=1S/C19H28F3N3O3S/c1-24(15-19(20,21)22)12-4-11-23-18(26)10-7-16-5-8-17(9-6-16)29(27,28)25-13-2-3-14-25/h5-6,8-9H,2-4,7,10-15H2,1H3,(H,23,26). The number of sulfonamides is 1. The zero-order valence-corrected chi connectivity index (χ0v) is 17.4. The third-order valence-corrected chi connectivity index (χ3v) is 6.67. The molecule has 1 aliphatic heterocycles. The average molecular weight is 436 g/mol. The summed E-state index contributed by atoms with van der Waals surface area (Å²) in [6.45, 7) is 0.692. The quantitative estimate of drug-likeness (QED) is 0.573. The molecule has 0 spiro atoms. The Bertz CT molecular complexity index is 761. The lowest BCUT2D eigenvalue weighted by Crippen LogP contribution is -2.33. The van der Waals surface area contributed by atoms with Gasteiger partial charge in [-0.25, -0.2) is 8.42 Å². The molecule has 0 saturated carbocycles. The van der Waals surface area contributed by atoms with E-state index in [-0.39, 0.29) is 23.8 Å². The summed E-state index contributed by atoms with van der Waals surface area (Å²) in [6, 6.07) is 6.55. The molecule has 1 aliphatic rings. The Morgan fingerprint density at radius 3 is 2.38 bits per heavy atom. The summed E-state index contributed by atoms with van der Waals surface area (Å²) in [5, 5.41) is 2.69. The van der Waals surface area contributed by atoms with Crippen LogP contribution >= 0.6 is 0 Å². The van der Waals surface area contributed by atoms with E-state index in [4.69, 9.17) is 0 Å². The Morgan fingerprint density at radius 2 is 1.79 bits per heavy atom. The van der Waals surface area contributed by atoms with Gasteiger partial charge in [-0.2, -0.15) is 17.5 Å². The van der Waals surface area contributed by atoms with Crippen LogP contribution in [0.5, 0.6) is 0 Å². The fourth-order valence-electron chi connectivity index (χ4n) is 3.21. The van der Waals surface area contributed by atoms with Gasteiger partial charge >= 0.3 is 6.18 Å². The molecule has 0 unspecified atom stereocenters. The van der Waals surface area contributed by atoms with Crippen LogP contribution in [-0.2, 0) is 21.2 Å². The minimum absolute atomic E-state index is 0.183. The molecule has 0 aliphatic carbocycles. The van der Waals surface area contributed by atoms with Crippen LogP contribution in [0.2, 0.25) is 0 Å². The molecular formula is C19H28F3N3O3S. The molecule has 1 saturated heterocycles. The Labute approximate surface area is 170 Å². The van der Waals surface area contributed by atoms with Gasteiger partial charge in [0.1, 0.15) is 0 Å².